The highest BCUT2D eigenvalue weighted by atomic mass is 35.5. The normalized spacial score (nSPS) is 19.2. The first-order valence-corrected chi connectivity index (χ1v) is 8.14. The van der Waals surface area contributed by atoms with Crippen LogP contribution in [0.2, 0.25) is 4.34 Å². The van der Waals surface area contributed by atoms with Crippen LogP contribution in [0, 0.1) is 17.3 Å². The van der Waals surface area contributed by atoms with Gasteiger partial charge in [-0.15, -0.1) is 11.3 Å². The van der Waals surface area contributed by atoms with Gasteiger partial charge in [0.05, 0.1) is 4.34 Å². The lowest BCUT2D eigenvalue weighted by molar-refractivity contribution is 0.254. The van der Waals surface area contributed by atoms with E-state index in [1.54, 1.807) is 11.3 Å². The van der Waals surface area contributed by atoms with Gasteiger partial charge in [0.15, 0.2) is 0 Å². The molecule has 1 N–H and O–H groups in total. The molecule has 0 aliphatic heterocycles. The Morgan fingerprint density at radius 1 is 1.44 bits per heavy atom. The van der Waals surface area contributed by atoms with E-state index in [4.69, 9.17) is 11.6 Å². The molecule has 0 aromatic carbocycles. The molecule has 0 saturated heterocycles. The number of nitrogens with one attached hydrogen (secondary N) is 1. The largest absolute Gasteiger partial charge is 0.316 e. The van der Waals surface area contributed by atoms with Gasteiger partial charge in [-0.05, 0) is 55.2 Å². The highest BCUT2D eigenvalue weighted by molar-refractivity contribution is 7.16. The van der Waals surface area contributed by atoms with Gasteiger partial charge in [0.1, 0.15) is 0 Å². The van der Waals surface area contributed by atoms with Gasteiger partial charge in [-0.1, -0.05) is 32.4 Å². The number of hydrogen-bond acceptors (Lipinski definition) is 2. The highest BCUT2D eigenvalue weighted by Gasteiger charge is 2.41. The quantitative estimate of drug-likeness (QED) is 0.772. The average molecular weight is 286 g/mol. The zero-order valence-corrected chi connectivity index (χ0v) is 13.2. The Hall–Kier alpha value is -0.0500. The van der Waals surface area contributed by atoms with Crippen molar-refractivity contribution in [3.8, 4) is 0 Å². The predicted molar refractivity (Wildman–Crippen MR) is 81.6 cm³/mol. The Kier molecular flexibility index (Phi) is 4.74. The number of halogens is 1. The lowest BCUT2D eigenvalue weighted by Crippen LogP contribution is -2.37. The van der Waals surface area contributed by atoms with Gasteiger partial charge in [-0.25, -0.2) is 0 Å². The van der Waals surface area contributed by atoms with Gasteiger partial charge in [0, 0.05) is 11.4 Å². The molecule has 102 valence electrons. The minimum atomic E-state index is 0.406. The van der Waals surface area contributed by atoms with Crippen LogP contribution in [0.1, 0.15) is 38.5 Å². The van der Waals surface area contributed by atoms with Gasteiger partial charge in [0.2, 0.25) is 0 Å². The molecule has 1 fully saturated rings. The molecule has 1 aliphatic carbocycles. The summed E-state index contributed by atoms with van der Waals surface area (Å²) in [5.41, 5.74) is 0.406. The Balaban J connectivity index is 1.93. The van der Waals surface area contributed by atoms with E-state index < -0.39 is 0 Å². The van der Waals surface area contributed by atoms with Crippen LogP contribution in [0.3, 0.4) is 0 Å². The summed E-state index contributed by atoms with van der Waals surface area (Å²) in [4.78, 5) is 1.43. The first kappa shape index (κ1) is 14.4. The molecule has 0 spiro atoms. The van der Waals surface area contributed by atoms with Crippen LogP contribution in [0.5, 0.6) is 0 Å². The summed E-state index contributed by atoms with van der Waals surface area (Å²) in [6.45, 7) is 9.21. The van der Waals surface area contributed by atoms with E-state index >= 15 is 0 Å². The summed E-state index contributed by atoms with van der Waals surface area (Å²) in [6, 6.07) is 4.21. The Morgan fingerprint density at radius 3 is 2.67 bits per heavy atom. The second-order valence-corrected chi connectivity index (χ2v) is 8.14. The Bertz CT molecular complexity index is 384. The monoisotopic (exact) mass is 285 g/mol. The second kappa shape index (κ2) is 5.94. The molecule has 1 aliphatic rings. The molecular formula is C15H24ClNS. The van der Waals surface area contributed by atoms with Gasteiger partial charge in [-0.2, -0.15) is 0 Å². The predicted octanol–water partition coefficient (Wildman–Crippen LogP) is 4.61. The molecule has 1 aromatic heterocycles. The van der Waals surface area contributed by atoms with E-state index in [0.717, 1.165) is 29.3 Å². The Labute approximate surface area is 120 Å². The second-order valence-electron chi connectivity index (χ2n) is 6.34. The standard InChI is InChI=1S/C15H24ClNS/c1-11(2)9-17-10-15(3,12-4-5-12)8-13-6-7-14(16)18-13/h6-7,11-12,17H,4-5,8-10H2,1-3H3. The fraction of sp³-hybridized carbons (Fsp3) is 0.733. The van der Waals surface area contributed by atoms with Crippen molar-refractivity contribution < 1.29 is 0 Å². The van der Waals surface area contributed by atoms with E-state index in [2.05, 4.69) is 32.2 Å². The summed E-state index contributed by atoms with van der Waals surface area (Å²) >= 11 is 7.77. The third-order valence-corrected chi connectivity index (χ3v) is 5.08. The van der Waals surface area contributed by atoms with Crippen molar-refractivity contribution in [2.24, 2.45) is 17.3 Å². The summed E-state index contributed by atoms with van der Waals surface area (Å²) in [6.07, 6.45) is 3.97. The topological polar surface area (TPSA) is 12.0 Å². The van der Waals surface area contributed by atoms with Crippen LogP contribution in [0.15, 0.2) is 12.1 Å². The van der Waals surface area contributed by atoms with Crippen molar-refractivity contribution in [1.29, 1.82) is 0 Å². The van der Waals surface area contributed by atoms with Crippen LogP contribution < -0.4 is 5.32 Å². The van der Waals surface area contributed by atoms with Crippen molar-refractivity contribution >= 4 is 22.9 Å². The molecule has 1 saturated carbocycles. The lowest BCUT2D eigenvalue weighted by Gasteiger charge is -2.30. The van der Waals surface area contributed by atoms with E-state index in [1.807, 2.05) is 6.07 Å². The minimum Gasteiger partial charge on any atom is -0.316 e. The smallest absolute Gasteiger partial charge is 0.0931 e. The number of thiophene rings is 1. The zero-order valence-electron chi connectivity index (χ0n) is 11.6. The molecule has 1 unspecified atom stereocenters. The van der Waals surface area contributed by atoms with E-state index in [9.17, 15) is 0 Å². The van der Waals surface area contributed by atoms with E-state index in [0.29, 0.717) is 5.41 Å². The van der Waals surface area contributed by atoms with Gasteiger partial charge in [0.25, 0.3) is 0 Å². The van der Waals surface area contributed by atoms with Crippen molar-refractivity contribution in [1.82, 2.24) is 5.32 Å². The molecule has 1 atom stereocenters. The van der Waals surface area contributed by atoms with E-state index in [1.165, 1.54) is 24.1 Å². The third kappa shape index (κ3) is 3.97. The van der Waals surface area contributed by atoms with Gasteiger partial charge in [-0.3, -0.25) is 0 Å². The molecule has 1 nitrogen and oxygen atoms in total. The molecule has 3 heteroatoms. The molecule has 0 amide bonds. The van der Waals surface area contributed by atoms with E-state index in [-0.39, 0.29) is 0 Å². The summed E-state index contributed by atoms with van der Waals surface area (Å²) in [7, 11) is 0. The molecule has 2 rings (SSSR count). The van der Waals surface area contributed by atoms with Crippen LogP contribution in [-0.4, -0.2) is 13.1 Å². The van der Waals surface area contributed by atoms with Gasteiger partial charge < -0.3 is 5.32 Å². The fourth-order valence-corrected chi connectivity index (χ4v) is 3.91. The van der Waals surface area contributed by atoms with Crippen molar-refractivity contribution in [3.05, 3.63) is 21.3 Å². The number of rotatable bonds is 7. The molecule has 18 heavy (non-hydrogen) atoms. The summed E-state index contributed by atoms with van der Waals surface area (Å²) in [5, 5.41) is 3.65. The molecule has 0 radical (unpaired) electrons. The van der Waals surface area contributed by atoms with Crippen LogP contribution in [0.4, 0.5) is 0 Å². The number of hydrogen-bond donors (Lipinski definition) is 1. The maximum atomic E-state index is 6.03. The maximum absolute atomic E-state index is 6.03. The fourth-order valence-electron chi connectivity index (χ4n) is 2.62. The first-order chi connectivity index (χ1) is 8.49. The minimum absolute atomic E-state index is 0.406. The van der Waals surface area contributed by atoms with Gasteiger partial charge >= 0.3 is 0 Å². The Morgan fingerprint density at radius 2 is 2.17 bits per heavy atom. The molecule has 0 bridgehead atoms. The lowest BCUT2D eigenvalue weighted by atomic mass is 9.80. The average Bonchev–Trinajstić information content (AvgIpc) is 3.04. The molecule has 1 heterocycles. The van der Waals surface area contributed by atoms with Crippen molar-refractivity contribution in [2.75, 3.05) is 13.1 Å². The van der Waals surface area contributed by atoms with Crippen LogP contribution >= 0.6 is 22.9 Å². The third-order valence-electron chi connectivity index (χ3n) is 3.85. The first-order valence-electron chi connectivity index (χ1n) is 6.94. The zero-order chi connectivity index (χ0) is 13.2. The summed E-state index contributed by atoms with van der Waals surface area (Å²) < 4.78 is 0.915. The highest BCUT2D eigenvalue weighted by Crippen LogP contribution is 2.47. The molecular weight excluding hydrogens is 262 g/mol. The van der Waals surface area contributed by atoms with Crippen LogP contribution in [-0.2, 0) is 6.42 Å². The summed E-state index contributed by atoms with van der Waals surface area (Å²) in [5.74, 6) is 1.63. The van der Waals surface area contributed by atoms with Crippen molar-refractivity contribution in [3.63, 3.8) is 0 Å². The maximum Gasteiger partial charge on any atom is 0.0931 e. The SMILES string of the molecule is CC(C)CNCC(C)(Cc1ccc(Cl)s1)C1CC1. The van der Waals surface area contributed by atoms with Crippen LogP contribution in [0.25, 0.3) is 0 Å². The molecule has 1 aromatic rings. The van der Waals surface area contributed by atoms with Crippen molar-refractivity contribution in [2.45, 2.75) is 40.0 Å².